The molecule has 0 aromatic carbocycles. The monoisotopic (exact) mass is 278 g/mol. The first kappa shape index (κ1) is 15.0. The van der Waals surface area contributed by atoms with Gasteiger partial charge in [0, 0.05) is 26.2 Å². The van der Waals surface area contributed by atoms with E-state index in [4.69, 9.17) is 0 Å². The molecule has 1 N–H and O–H groups in total. The summed E-state index contributed by atoms with van der Waals surface area (Å²) in [5, 5.41) is 7.72. The van der Waals surface area contributed by atoms with Gasteiger partial charge in [0.25, 0.3) is 5.56 Å². The molecule has 2 heterocycles. The number of rotatable bonds is 6. The van der Waals surface area contributed by atoms with Gasteiger partial charge in [0.15, 0.2) is 0 Å². The van der Waals surface area contributed by atoms with Crippen LogP contribution in [0.4, 0.5) is 5.69 Å². The van der Waals surface area contributed by atoms with Crippen LogP contribution >= 0.6 is 0 Å². The van der Waals surface area contributed by atoms with Crippen molar-refractivity contribution in [3.05, 3.63) is 22.6 Å². The molecule has 5 heteroatoms. The third kappa shape index (κ3) is 4.07. The van der Waals surface area contributed by atoms with Crippen LogP contribution in [0.2, 0.25) is 0 Å². The summed E-state index contributed by atoms with van der Waals surface area (Å²) >= 11 is 0. The smallest absolute Gasteiger partial charge is 0.268 e. The first-order valence-electron chi connectivity index (χ1n) is 7.69. The normalized spacial score (nSPS) is 19.0. The first-order valence-corrected chi connectivity index (χ1v) is 7.69. The Morgan fingerprint density at radius 1 is 1.55 bits per heavy atom. The second-order valence-electron chi connectivity index (χ2n) is 5.70. The molecule has 20 heavy (non-hydrogen) atoms. The van der Waals surface area contributed by atoms with Gasteiger partial charge >= 0.3 is 0 Å². The Kier molecular flexibility index (Phi) is 5.59. The summed E-state index contributed by atoms with van der Waals surface area (Å²) in [6.45, 7) is 6.00. The molecule has 0 amide bonds. The van der Waals surface area contributed by atoms with Crippen LogP contribution in [0.5, 0.6) is 0 Å². The van der Waals surface area contributed by atoms with Gasteiger partial charge in [0.1, 0.15) is 0 Å². The molecule has 1 atom stereocenters. The van der Waals surface area contributed by atoms with Gasteiger partial charge in [-0.05, 0) is 44.7 Å². The van der Waals surface area contributed by atoms with Crippen molar-refractivity contribution in [3.63, 3.8) is 0 Å². The zero-order valence-corrected chi connectivity index (χ0v) is 12.6. The van der Waals surface area contributed by atoms with E-state index in [9.17, 15) is 4.79 Å². The number of nitrogens with one attached hydrogen (secondary N) is 1. The highest BCUT2D eigenvalue weighted by Crippen LogP contribution is 2.14. The summed E-state index contributed by atoms with van der Waals surface area (Å²) in [6, 6.07) is 1.70. The molecule has 2 rings (SSSR count). The fourth-order valence-corrected chi connectivity index (χ4v) is 2.74. The third-order valence-electron chi connectivity index (χ3n) is 4.00. The van der Waals surface area contributed by atoms with Gasteiger partial charge in [-0.25, -0.2) is 4.68 Å². The van der Waals surface area contributed by atoms with E-state index in [1.54, 1.807) is 16.9 Å². The maximum absolute atomic E-state index is 12.1. The Morgan fingerprint density at radius 3 is 3.05 bits per heavy atom. The molecule has 1 unspecified atom stereocenters. The second kappa shape index (κ2) is 7.43. The van der Waals surface area contributed by atoms with Crippen LogP contribution < -0.4 is 15.8 Å². The lowest BCUT2D eigenvalue weighted by Crippen LogP contribution is -2.32. The van der Waals surface area contributed by atoms with Crippen LogP contribution in [-0.4, -0.2) is 36.5 Å². The third-order valence-corrected chi connectivity index (χ3v) is 4.00. The van der Waals surface area contributed by atoms with Gasteiger partial charge in [0.2, 0.25) is 0 Å². The van der Waals surface area contributed by atoms with Gasteiger partial charge in [-0.15, -0.1) is 0 Å². The minimum Gasteiger partial charge on any atom is -0.373 e. The molecule has 0 aliphatic carbocycles. The molecule has 5 nitrogen and oxygen atoms in total. The highest BCUT2D eigenvalue weighted by Gasteiger charge is 2.13. The van der Waals surface area contributed by atoms with Gasteiger partial charge < -0.3 is 10.2 Å². The van der Waals surface area contributed by atoms with E-state index in [0.29, 0.717) is 5.92 Å². The van der Waals surface area contributed by atoms with Crippen LogP contribution in [0.25, 0.3) is 0 Å². The predicted octanol–water partition coefficient (Wildman–Crippen LogP) is 1.48. The first-order chi connectivity index (χ1) is 9.70. The number of hydrogen-bond acceptors (Lipinski definition) is 4. The maximum atomic E-state index is 12.1. The molecule has 0 saturated carbocycles. The van der Waals surface area contributed by atoms with E-state index in [2.05, 4.69) is 22.2 Å². The minimum absolute atomic E-state index is 0.00854. The quantitative estimate of drug-likeness (QED) is 0.856. The molecule has 1 saturated heterocycles. The van der Waals surface area contributed by atoms with Crippen molar-refractivity contribution in [1.29, 1.82) is 0 Å². The summed E-state index contributed by atoms with van der Waals surface area (Å²) in [5.41, 5.74) is 0.918. The molecular formula is C15H26N4O. The van der Waals surface area contributed by atoms with Crippen LogP contribution in [0.15, 0.2) is 17.1 Å². The van der Waals surface area contributed by atoms with E-state index in [1.165, 1.54) is 12.8 Å². The van der Waals surface area contributed by atoms with Crippen molar-refractivity contribution < 1.29 is 0 Å². The lowest BCUT2D eigenvalue weighted by atomic mass is 9.96. The Labute approximate surface area is 121 Å². The molecule has 0 spiro atoms. The Bertz CT molecular complexity index is 465. The van der Waals surface area contributed by atoms with Crippen molar-refractivity contribution in [2.75, 3.05) is 31.6 Å². The van der Waals surface area contributed by atoms with Crippen LogP contribution in [-0.2, 0) is 6.54 Å². The summed E-state index contributed by atoms with van der Waals surface area (Å²) in [4.78, 5) is 14.2. The average molecular weight is 278 g/mol. The summed E-state index contributed by atoms with van der Waals surface area (Å²) < 4.78 is 1.60. The van der Waals surface area contributed by atoms with Crippen LogP contribution in [0.1, 0.15) is 32.6 Å². The topological polar surface area (TPSA) is 50.2 Å². The zero-order valence-electron chi connectivity index (χ0n) is 12.6. The van der Waals surface area contributed by atoms with Crippen molar-refractivity contribution in [2.45, 2.75) is 39.2 Å². The summed E-state index contributed by atoms with van der Waals surface area (Å²) in [7, 11) is 2.00. The minimum atomic E-state index is 0.00854. The molecule has 1 aromatic heterocycles. The van der Waals surface area contributed by atoms with Crippen LogP contribution in [0, 0.1) is 5.92 Å². The van der Waals surface area contributed by atoms with Crippen molar-refractivity contribution >= 4 is 5.69 Å². The predicted molar refractivity (Wildman–Crippen MR) is 82.3 cm³/mol. The highest BCUT2D eigenvalue weighted by atomic mass is 16.1. The fourth-order valence-electron chi connectivity index (χ4n) is 2.74. The molecule has 112 valence electrons. The van der Waals surface area contributed by atoms with E-state index in [0.717, 1.165) is 44.7 Å². The second-order valence-corrected chi connectivity index (χ2v) is 5.70. The van der Waals surface area contributed by atoms with E-state index in [-0.39, 0.29) is 5.56 Å². The Hall–Kier alpha value is -1.36. The van der Waals surface area contributed by atoms with E-state index < -0.39 is 0 Å². The van der Waals surface area contributed by atoms with E-state index >= 15 is 0 Å². The SMILES string of the molecule is CCCN(C)c1cnn(CCC2CCCNC2)c(=O)c1. The van der Waals surface area contributed by atoms with Gasteiger partial charge in [0.05, 0.1) is 11.9 Å². The van der Waals surface area contributed by atoms with Crippen molar-refractivity contribution in [2.24, 2.45) is 5.92 Å². The van der Waals surface area contributed by atoms with Gasteiger partial charge in [-0.1, -0.05) is 6.92 Å². The number of hydrogen-bond donors (Lipinski definition) is 1. The number of aryl methyl sites for hydroxylation is 1. The molecule has 1 aliphatic rings. The number of piperidine rings is 1. The number of nitrogens with zero attached hydrogens (tertiary/aromatic N) is 3. The lowest BCUT2D eigenvalue weighted by molar-refractivity contribution is 0.333. The number of anilines is 1. The number of aromatic nitrogens is 2. The van der Waals surface area contributed by atoms with Crippen LogP contribution in [0.3, 0.4) is 0 Å². The highest BCUT2D eigenvalue weighted by molar-refractivity contribution is 5.41. The Morgan fingerprint density at radius 2 is 2.40 bits per heavy atom. The molecule has 1 fully saturated rings. The molecule has 0 radical (unpaired) electrons. The molecule has 1 aliphatic heterocycles. The average Bonchev–Trinajstić information content (AvgIpc) is 2.47. The summed E-state index contributed by atoms with van der Waals surface area (Å²) in [5.74, 6) is 0.680. The molecule has 1 aromatic rings. The molecular weight excluding hydrogens is 252 g/mol. The largest absolute Gasteiger partial charge is 0.373 e. The van der Waals surface area contributed by atoms with Crippen molar-refractivity contribution in [3.8, 4) is 0 Å². The summed E-state index contributed by atoms with van der Waals surface area (Å²) in [6.07, 6.45) is 6.40. The maximum Gasteiger partial charge on any atom is 0.268 e. The Balaban J connectivity index is 1.93. The fraction of sp³-hybridized carbons (Fsp3) is 0.733. The standard InChI is InChI=1S/C15H26N4O/c1-3-8-18(2)14-10-15(20)19(17-12-14)9-6-13-5-4-7-16-11-13/h10,12-13,16H,3-9,11H2,1-2H3. The van der Waals surface area contributed by atoms with E-state index in [1.807, 2.05) is 7.05 Å². The zero-order chi connectivity index (χ0) is 14.4. The van der Waals surface area contributed by atoms with Gasteiger partial charge in [-0.3, -0.25) is 4.79 Å². The van der Waals surface area contributed by atoms with Gasteiger partial charge in [-0.2, -0.15) is 5.10 Å². The molecule has 0 bridgehead atoms. The lowest BCUT2D eigenvalue weighted by Gasteiger charge is -2.22. The van der Waals surface area contributed by atoms with Crippen molar-refractivity contribution in [1.82, 2.24) is 15.1 Å².